The molecule has 0 bridgehead atoms. The lowest BCUT2D eigenvalue weighted by atomic mass is 10.0. The standard InChI is InChI=1S/C66H128O6/c1-5-7-9-11-13-15-17-19-21-23-25-27-28-33-37-41-45-49-53-57-64(67)70-60-63(61-71-65(68)58-54-50-46-42-38-34-31-30-32-36-40-44-48-52-56-62(3)4)72-66(69)59-55-51-47-43-39-35-29-26-24-22-20-18-16-14-12-10-8-6-2/h62-63H,5-61H2,1-4H3/t63-/m0/s1. The molecule has 0 saturated heterocycles. The average molecular weight is 1020 g/mol. The van der Waals surface area contributed by atoms with Crippen LogP contribution in [0.5, 0.6) is 0 Å². The summed E-state index contributed by atoms with van der Waals surface area (Å²) in [4.78, 5) is 38.4. The second-order valence-corrected chi connectivity index (χ2v) is 23.2. The zero-order valence-electron chi connectivity index (χ0n) is 49.4. The van der Waals surface area contributed by atoms with E-state index in [1.165, 1.54) is 276 Å². The third kappa shape index (κ3) is 59.3. The summed E-state index contributed by atoms with van der Waals surface area (Å²) in [5, 5.41) is 0. The molecule has 6 heteroatoms. The minimum Gasteiger partial charge on any atom is -0.462 e. The molecular weight excluding hydrogens is 889 g/mol. The zero-order chi connectivity index (χ0) is 52.3. The van der Waals surface area contributed by atoms with Gasteiger partial charge in [-0.15, -0.1) is 0 Å². The van der Waals surface area contributed by atoms with Crippen molar-refractivity contribution in [2.45, 2.75) is 387 Å². The van der Waals surface area contributed by atoms with E-state index in [4.69, 9.17) is 14.2 Å². The maximum atomic E-state index is 12.9. The fourth-order valence-electron chi connectivity index (χ4n) is 10.3. The van der Waals surface area contributed by atoms with Gasteiger partial charge in [-0.05, 0) is 25.2 Å². The van der Waals surface area contributed by atoms with Gasteiger partial charge in [0, 0.05) is 19.3 Å². The summed E-state index contributed by atoms with van der Waals surface area (Å²) in [6.45, 7) is 9.10. The summed E-state index contributed by atoms with van der Waals surface area (Å²) >= 11 is 0. The molecule has 0 aromatic carbocycles. The molecule has 0 aromatic rings. The van der Waals surface area contributed by atoms with Crippen molar-refractivity contribution in [2.75, 3.05) is 13.2 Å². The van der Waals surface area contributed by atoms with Crippen LogP contribution in [0, 0.1) is 5.92 Å². The van der Waals surface area contributed by atoms with Crippen molar-refractivity contribution in [3.63, 3.8) is 0 Å². The van der Waals surface area contributed by atoms with Gasteiger partial charge in [-0.3, -0.25) is 14.4 Å². The monoisotopic (exact) mass is 1020 g/mol. The van der Waals surface area contributed by atoms with Crippen LogP contribution in [0.3, 0.4) is 0 Å². The molecule has 0 aliphatic carbocycles. The number of carbonyl (C=O) groups is 3. The quantitative estimate of drug-likeness (QED) is 0.0343. The molecule has 0 rings (SSSR count). The van der Waals surface area contributed by atoms with Crippen molar-refractivity contribution in [3.05, 3.63) is 0 Å². The van der Waals surface area contributed by atoms with E-state index in [-0.39, 0.29) is 31.1 Å². The fraction of sp³-hybridized carbons (Fsp3) is 0.955. The summed E-state index contributed by atoms with van der Waals surface area (Å²) in [6, 6.07) is 0. The van der Waals surface area contributed by atoms with Crippen LogP contribution in [0.15, 0.2) is 0 Å². The van der Waals surface area contributed by atoms with Crippen molar-refractivity contribution in [2.24, 2.45) is 5.92 Å². The summed E-state index contributed by atoms with van der Waals surface area (Å²) in [5.41, 5.74) is 0. The Kier molecular flexibility index (Phi) is 58.9. The Morgan fingerprint density at radius 2 is 0.458 bits per heavy atom. The Bertz CT molecular complexity index is 1090. The van der Waals surface area contributed by atoms with Crippen molar-refractivity contribution in [1.29, 1.82) is 0 Å². The number of hydrogen-bond donors (Lipinski definition) is 0. The first-order valence-electron chi connectivity index (χ1n) is 32.9. The molecule has 0 heterocycles. The highest BCUT2D eigenvalue weighted by Gasteiger charge is 2.19. The Labute approximate surface area is 450 Å². The average Bonchev–Trinajstić information content (AvgIpc) is 3.37. The molecular formula is C66H128O6. The number of hydrogen-bond acceptors (Lipinski definition) is 6. The molecule has 0 aliphatic heterocycles. The largest absolute Gasteiger partial charge is 0.462 e. The Balaban J connectivity index is 4.28. The van der Waals surface area contributed by atoms with Gasteiger partial charge in [0.05, 0.1) is 0 Å². The van der Waals surface area contributed by atoms with Crippen molar-refractivity contribution in [3.8, 4) is 0 Å². The third-order valence-corrected chi connectivity index (χ3v) is 15.3. The van der Waals surface area contributed by atoms with Crippen LogP contribution in [-0.2, 0) is 28.6 Å². The molecule has 0 radical (unpaired) electrons. The Morgan fingerprint density at radius 3 is 0.681 bits per heavy atom. The number of unbranched alkanes of at least 4 members (excludes halogenated alkanes) is 48. The zero-order valence-corrected chi connectivity index (χ0v) is 49.4. The van der Waals surface area contributed by atoms with Crippen molar-refractivity contribution in [1.82, 2.24) is 0 Å². The van der Waals surface area contributed by atoms with Crippen LogP contribution in [0.2, 0.25) is 0 Å². The Hall–Kier alpha value is -1.59. The summed E-state index contributed by atoms with van der Waals surface area (Å²) in [5.74, 6) is 0.0194. The van der Waals surface area contributed by atoms with E-state index in [0.29, 0.717) is 19.3 Å². The molecule has 0 fully saturated rings. The van der Waals surface area contributed by atoms with Gasteiger partial charge in [-0.25, -0.2) is 0 Å². The van der Waals surface area contributed by atoms with Gasteiger partial charge < -0.3 is 14.2 Å². The molecule has 72 heavy (non-hydrogen) atoms. The van der Waals surface area contributed by atoms with E-state index < -0.39 is 6.10 Å². The molecule has 0 unspecified atom stereocenters. The van der Waals surface area contributed by atoms with Crippen LogP contribution in [0.25, 0.3) is 0 Å². The number of rotatable bonds is 61. The maximum absolute atomic E-state index is 12.9. The van der Waals surface area contributed by atoms with Gasteiger partial charge in [0.15, 0.2) is 6.10 Å². The minimum absolute atomic E-state index is 0.0610. The highest BCUT2D eigenvalue weighted by molar-refractivity contribution is 5.71. The molecule has 6 nitrogen and oxygen atoms in total. The second kappa shape index (κ2) is 60.3. The minimum atomic E-state index is -0.763. The molecule has 1 atom stereocenters. The first kappa shape index (κ1) is 70.4. The van der Waals surface area contributed by atoms with E-state index >= 15 is 0 Å². The van der Waals surface area contributed by atoms with Crippen molar-refractivity contribution < 1.29 is 28.6 Å². The molecule has 0 saturated carbocycles. The smallest absolute Gasteiger partial charge is 0.306 e. The maximum Gasteiger partial charge on any atom is 0.306 e. The van der Waals surface area contributed by atoms with Gasteiger partial charge >= 0.3 is 17.9 Å². The lowest BCUT2D eigenvalue weighted by Crippen LogP contribution is -2.30. The Morgan fingerprint density at radius 1 is 0.264 bits per heavy atom. The SMILES string of the molecule is CCCCCCCCCCCCCCCCCCCCCC(=O)OC[C@@H](COC(=O)CCCCCCCCCCCCCCCCC(C)C)OC(=O)CCCCCCCCCCCCCCCCCCCC. The number of esters is 3. The highest BCUT2D eigenvalue weighted by atomic mass is 16.6. The predicted octanol–water partition coefficient (Wildman–Crippen LogP) is 22.1. The topological polar surface area (TPSA) is 78.9 Å². The third-order valence-electron chi connectivity index (χ3n) is 15.3. The highest BCUT2D eigenvalue weighted by Crippen LogP contribution is 2.19. The summed E-state index contributed by atoms with van der Waals surface area (Å²) in [7, 11) is 0. The van der Waals surface area contributed by atoms with E-state index in [9.17, 15) is 14.4 Å². The van der Waals surface area contributed by atoms with Crippen LogP contribution < -0.4 is 0 Å². The normalized spacial score (nSPS) is 12.0. The van der Waals surface area contributed by atoms with Crippen LogP contribution in [-0.4, -0.2) is 37.2 Å². The van der Waals surface area contributed by atoms with Gasteiger partial charge in [-0.1, -0.05) is 342 Å². The first-order chi connectivity index (χ1) is 35.4. The lowest BCUT2D eigenvalue weighted by Gasteiger charge is -2.18. The van der Waals surface area contributed by atoms with Crippen LogP contribution in [0.1, 0.15) is 381 Å². The van der Waals surface area contributed by atoms with Crippen LogP contribution in [0.4, 0.5) is 0 Å². The summed E-state index contributed by atoms with van der Waals surface area (Å²) < 4.78 is 17.0. The van der Waals surface area contributed by atoms with Gasteiger partial charge in [0.2, 0.25) is 0 Å². The second-order valence-electron chi connectivity index (χ2n) is 23.2. The lowest BCUT2D eigenvalue weighted by molar-refractivity contribution is -0.167. The summed E-state index contributed by atoms with van der Waals surface area (Å²) in [6.07, 6.45) is 68.2. The molecule has 0 amide bonds. The van der Waals surface area contributed by atoms with E-state index in [1.807, 2.05) is 0 Å². The van der Waals surface area contributed by atoms with E-state index in [2.05, 4.69) is 27.7 Å². The molecule has 0 aromatic heterocycles. The molecule has 0 spiro atoms. The van der Waals surface area contributed by atoms with E-state index in [0.717, 1.165) is 63.7 Å². The number of carbonyl (C=O) groups excluding carboxylic acids is 3. The van der Waals surface area contributed by atoms with Gasteiger partial charge in [0.25, 0.3) is 0 Å². The molecule has 0 aliphatic rings. The molecule has 0 N–H and O–H groups in total. The first-order valence-corrected chi connectivity index (χ1v) is 32.9. The predicted molar refractivity (Wildman–Crippen MR) is 312 cm³/mol. The molecule has 428 valence electrons. The number of ether oxygens (including phenoxy) is 3. The van der Waals surface area contributed by atoms with Crippen LogP contribution >= 0.6 is 0 Å². The van der Waals surface area contributed by atoms with Gasteiger partial charge in [-0.2, -0.15) is 0 Å². The van der Waals surface area contributed by atoms with Gasteiger partial charge in [0.1, 0.15) is 13.2 Å². The van der Waals surface area contributed by atoms with Crippen molar-refractivity contribution >= 4 is 17.9 Å². The van der Waals surface area contributed by atoms with E-state index in [1.54, 1.807) is 0 Å². The fourth-order valence-corrected chi connectivity index (χ4v) is 10.3.